The van der Waals surface area contributed by atoms with E-state index in [0.717, 1.165) is 19.3 Å². The Hall–Kier alpha value is -0.900. The van der Waals surface area contributed by atoms with Gasteiger partial charge in [0.1, 0.15) is 0 Å². The van der Waals surface area contributed by atoms with E-state index in [1.54, 1.807) is 4.90 Å². The first-order valence-electron chi connectivity index (χ1n) is 6.56. The van der Waals surface area contributed by atoms with Gasteiger partial charge in [-0.3, -0.25) is 9.59 Å². The molecule has 0 radical (unpaired) electrons. The highest BCUT2D eigenvalue weighted by Crippen LogP contribution is 2.25. The van der Waals surface area contributed by atoms with E-state index in [1.165, 1.54) is 0 Å². The number of likely N-dealkylation sites (tertiary alicyclic amines) is 1. The fourth-order valence-electron chi connectivity index (χ4n) is 2.73. The van der Waals surface area contributed by atoms with Crippen LogP contribution in [-0.4, -0.2) is 35.7 Å². The molecule has 0 saturated carbocycles. The Kier molecular flexibility index (Phi) is 5.12. The minimum absolute atomic E-state index is 0.00223. The molecule has 4 nitrogen and oxygen atoms in total. The molecule has 2 atom stereocenters. The van der Waals surface area contributed by atoms with E-state index in [-0.39, 0.29) is 30.2 Å². The zero-order chi connectivity index (χ0) is 13.0. The molecule has 0 aromatic rings. The second-order valence-corrected chi connectivity index (χ2v) is 5.11. The normalized spacial score (nSPS) is 21.9. The molecule has 2 N–H and O–H groups in total. The van der Waals surface area contributed by atoms with E-state index >= 15 is 0 Å². The number of hydrogen-bond donors (Lipinski definition) is 1. The van der Waals surface area contributed by atoms with Crippen LogP contribution in [-0.2, 0) is 9.59 Å². The molecule has 1 amide bonds. The predicted octanol–water partition coefficient (Wildman–Crippen LogP) is 1.19. The van der Waals surface area contributed by atoms with E-state index in [1.807, 2.05) is 6.92 Å². The third-order valence-electron chi connectivity index (χ3n) is 3.69. The van der Waals surface area contributed by atoms with Gasteiger partial charge in [-0.25, -0.2) is 0 Å². The zero-order valence-corrected chi connectivity index (χ0v) is 11.1. The molecule has 1 saturated heterocycles. The maximum Gasteiger partial charge on any atom is 0.236 e. The van der Waals surface area contributed by atoms with E-state index in [0.29, 0.717) is 12.5 Å². The first kappa shape index (κ1) is 14.2. The van der Waals surface area contributed by atoms with Gasteiger partial charge in [0.05, 0.1) is 12.6 Å². The molecule has 4 heteroatoms. The first-order chi connectivity index (χ1) is 8.02. The third kappa shape index (κ3) is 3.06. The van der Waals surface area contributed by atoms with Gasteiger partial charge in [-0.1, -0.05) is 20.8 Å². The van der Waals surface area contributed by atoms with Gasteiger partial charge in [-0.2, -0.15) is 0 Å². The monoisotopic (exact) mass is 240 g/mol. The van der Waals surface area contributed by atoms with Crippen LogP contribution in [0.4, 0.5) is 0 Å². The number of amides is 1. The second-order valence-electron chi connectivity index (χ2n) is 5.11. The van der Waals surface area contributed by atoms with Crippen LogP contribution in [0.2, 0.25) is 0 Å². The predicted molar refractivity (Wildman–Crippen MR) is 67.4 cm³/mol. The van der Waals surface area contributed by atoms with Gasteiger partial charge in [0.25, 0.3) is 0 Å². The van der Waals surface area contributed by atoms with E-state index < -0.39 is 0 Å². The van der Waals surface area contributed by atoms with Crippen LogP contribution in [0.5, 0.6) is 0 Å². The lowest BCUT2D eigenvalue weighted by molar-refractivity contribution is -0.138. The van der Waals surface area contributed by atoms with Crippen molar-refractivity contribution in [3.05, 3.63) is 0 Å². The molecule has 1 fully saturated rings. The molecule has 2 unspecified atom stereocenters. The maximum atomic E-state index is 12.4. The van der Waals surface area contributed by atoms with Crippen molar-refractivity contribution in [2.45, 2.75) is 46.1 Å². The van der Waals surface area contributed by atoms with Gasteiger partial charge >= 0.3 is 0 Å². The van der Waals surface area contributed by atoms with Crippen molar-refractivity contribution in [3.63, 3.8) is 0 Å². The smallest absolute Gasteiger partial charge is 0.236 e. The number of carbonyl (C=O) groups is 2. The molecule has 1 heterocycles. The zero-order valence-electron chi connectivity index (χ0n) is 11.1. The highest BCUT2D eigenvalue weighted by molar-refractivity contribution is 5.91. The summed E-state index contributed by atoms with van der Waals surface area (Å²) in [5.74, 6) is 0.523. The van der Waals surface area contributed by atoms with Crippen molar-refractivity contribution < 1.29 is 9.59 Å². The molecular weight excluding hydrogens is 216 g/mol. The quantitative estimate of drug-likeness (QED) is 0.785. The van der Waals surface area contributed by atoms with Crippen molar-refractivity contribution in [1.82, 2.24) is 4.90 Å². The lowest BCUT2D eigenvalue weighted by Gasteiger charge is -2.28. The number of hydrogen-bond acceptors (Lipinski definition) is 3. The van der Waals surface area contributed by atoms with Crippen molar-refractivity contribution in [1.29, 1.82) is 0 Å². The average molecular weight is 240 g/mol. The number of carbonyl (C=O) groups excluding carboxylic acids is 2. The summed E-state index contributed by atoms with van der Waals surface area (Å²) in [5.41, 5.74) is 5.38. The van der Waals surface area contributed by atoms with E-state index in [9.17, 15) is 9.59 Å². The minimum atomic E-state index is -0.224. The number of nitrogens with zero attached hydrogens (tertiary/aromatic N) is 1. The molecular formula is C13H24N2O2. The van der Waals surface area contributed by atoms with Crippen molar-refractivity contribution in [3.8, 4) is 0 Å². The molecule has 1 aliphatic rings. The molecule has 17 heavy (non-hydrogen) atoms. The summed E-state index contributed by atoms with van der Waals surface area (Å²) >= 11 is 0. The molecule has 1 aliphatic heterocycles. The average Bonchev–Trinajstić information content (AvgIpc) is 2.77. The molecule has 1 rings (SSSR count). The lowest BCUT2D eigenvalue weighted by Crippen LogP contribution is -2.46. The summed E-state index contributed by atoms with van der Waals surface area (Å²) in [7, 11) is 0. The van der Waals surface area contributed by atoms with Crippen LogP contribution in [0.1, 0.15) is 40.0 Å². The Morgan fingerprint density at radius 2 is 2.06 bits per heavy atom. The van der Waals surface area contributed by atoms with Gasteiger partial charge in [0.15, 0.2) is 5.78 Å². The summed E-state index contributed by atoms with van der Waals surface area (Å²) in [5, 5.41) is 0. The number of Topliss-reactive ketones (excluding diaryl/α,β-unsaturated/α-hetero) is 1. The SMILES string of the molecule is CCC(C(=O)C1CCCN1C(=O)CN)C(C)C. The van der Waals surface area contributed by atoms with Gasteiger partial charge in [0, 0.05) is 12.5 Å². The summed E-state index contributed by atoms with van der Waals surface area (Å²) < 4.78 is 0. The highest BCUT2D eigenvalue weighted by Gasteiger charge is 2.36. The standard InChI is InChI=1S/C13H24N2O2/c1-4-10(9(2)3)13(17)11-6-5-7-15(11)12(16)8-14/h9-11H,4-8,14H2,1-3H3. The Morgan fingerprint density at radius 3 is 2.53 bits per heavy atom. The van der Waals surface area contributed by atoms with Crippen LogP contribution in [0.15, 0.2) is 0 Å². The summed E-state index contributed by atoms with van der Waals surface area (Å²) in [4.78, 5) is 25.7. The highest BCUT2D eigenvalue weighted by atomic mass is 16.2. The van der Waals surface area contributed by atoms with Gasteiger partial charge in [-0.05, 0) is 25.2 Å². The van der Waals surface area contributed by atoms with Crippen LogP contribution in [0.25, 0.3) is 0 Å². The Balaban J connectivity index is 2.76. The molecule has 0 spiro atoms. The van der Waals surface area contributed by atoms with E-state index in [4.69, 9.17) is 5.73 Å². The molecule has 0 aromatic heterocycles. The van der Waals surface area contributed by atoms with Crippen molar-refractivity contribution >= 4 is 11.7 Å². The van der Waals surface area contributed by atoms with Crippen LogP contribution < -0.4 is 5.73 Å². The molecule has 0 bridgehead atoms. The first-order valence-corrected chi connectivity index (χ1v) is 6.56. The minimum Gasteiger partial charge on any atom is -0.332 e. The number of nitrogens with two attached hydrogens (primary N) is 1. The summed E-state index contributed by atoms with van der Waals surface area (Å²) in [6.45, 7) is 6.85. The van der Waals surface area contributed by atoms with Crippen molar-refractivity contribution in [2.24, 2.45) is 17.6 Å². The van der Waals surface area contributed by atoms with Crippen LogP contribution in [0.3, 0.4) is 0 Å². The van der Waals surface area contributed by atoms with Gasteiger partial charge in [0.2, 0.25) is 5.91 Å². The fraction of sp³-hybridized carbons (Fsp3) is 0.846. The summed E-state index contributed by atoms with van der Waals surface area (Å²) in [6.07, 6.45) is 2.56. The van der Waals surface area contributed by atoms with Gasteiger partial charge < -0.3 is 10.6 Å². The topological polar surface area (TPSA) is 63.4 Å². The summed E-state index contributed by atoms with van der Waals surface area (Å²) in [6, 6.07) is -0.224. The fourth-order valence-corrected chi connectivity index (χ4v) is 2.73. The molecule has 0 aliphatic carbocycles. The lowest BCUT2D eigenvalue weighted by atomic mass is 9.85. The maximum absolute atomic E-state index is 12.4. The van der Waals surface area contributed by atoms with Crippen LogP contribution >= 0.6 is 0 Å². The Labute approximate surface area is 104 Å². The van der Waals surface area contributed by atoms with Crippen molar-refractivity contribution in [2.75, 3.05) is 13.1 Å². The Bertz CT molecular complexity index is 289. The van der Waals surface area contributed by atoms with E-state index in [2.05, 4.69) is 13.8 Å². The number of rotatable bonds is 5. The van der Waals surface area contributed by atoms with Gasteiger partial charge in [-0.15, -0.1) is 0 Å². The van der Waals surface area contributed by atoms with Crippen LogP contribution in [0, 0.1) is 11.8 Å². The Morgan fingerprint density at radius 1 is 1.41 bits per heavy atom. The second kappa shape index (κ2) is 6.15. The number of ketones is 1. The molecule has 0 aromatic carbocycles. The molecule has 98 valence electrons. The largest absolute Gasteiger partial charge is 0.332 e. The third-order valence-corrected chi connectivity index (χ3v) is 3.69.